The minimum Gasteiger partial charge on any atom is -0.508 e. The first-order valence-corrected chi connectivity index (χ1v) is 9.72. The summed E-state index contributed by atoms with van der Waals surface area (Å²) in [4.78, 5) is 12.9. The number of phenolic OH excluding ortho intramolecular Hbond substituents is 3. The smallest absolute Gasteiger partial charge is 0.202 e. The van der Waals surface area contributed by atoms with Gasteiger partial charge >= 0.3 is 0 Å². The standard InChI is InChI=1S/C21H22O11/c22-6-11-14(25)17(28)19(30)21(32-11)12-9(24)5-10-13(15(12)26)16(27)18(29)20(31-10)7-1-3-8(23)4-2-7/h1-5,11,14,17-26,28-30H,6H2/t11?,14?,17?,18-,19?,20+,21?/m0/s1. The molecule has 0 aromatic heterocycles. The van der Waals surface area contributed by atoms with Gasteiger partial charge < -0.3 is 50.3 Å². The van der Waals surface area contributed by atoms with Crippen LogP contribution in [0.5, 0.6) is 23.0 Å². The van der Waals surface area contributed by atoms with Crippen LogP contribution >= 0.6 is 0 Å². The summed E-state index contributed by atoms with van der Waals surface area (Å²) < 4.78 is 11.0. The number of carbonyl (C=O) groups is 1. The molecule has 8 N–H and O–H groups in total. The Kier molecular flexibility index (Phi) is 5.71. The number of hydrogen-bond donors (Lipinski definition) is 8. The minimum absolute atomic E-state index is 0.0368. The summed E-state index contributed by atoms with van der Waals surface area (Å²) in [7, 11) is 0. The lowest BCUT2D eigenvalue weighted by atomic mass is 9.86. The third-order valence-electron chi connectivity index (χ3n) is 5.74. The van der Waals surface area contributed by atoms with Crippen LogP contribution in [0.3, 0.4) is 0 Å². The molecule has 4 rings (SSSR count). The topological polar surface area (TPSA) is 197 Å². The van der Waals surface area contributed by atoms with Crippen LogP contribution in [-0.4, -0.2) is 83.8 Å². The number of aromatic hydroxyl groups is 3. The van der Waals surface area contributed by atoms with E-state index in [-0.39, 0.29) is 11.5 Å². The molecule has 0 saturated carbocycles. The molecule has 1 saturated heterocycles. The van der Waals surface area contributed by atoms with Crippen molar-refractivity contribution in [3.63, 3.8) is 0 Å². The van der Waals surface area contributed by atoms with Crippen molar-refractivity contribution in [3.05, 3.63) is 47.0 Å². The molecule has 0 radical (unpaired) electrons. The summed E-state index contributed by atoms with van der Waals surface area (Å²) in [5, 5.41) is 80.9. The van der Waals surface area contributed by atoms with Gasteiger partial charge in [0.1, 0.15) is 59.1 Å². The Balaban J connectivity index is 1.76. The van der Waals surface area contributed by atoms with Crippen molar-refractivity contribution in [1.29, 1.82) is 0 Å². The van der Waals surface area contributed by atoms with Crippen molar-refractivity contribution in [2.24, 2.45) is 0 Å². The number of ketones is 1. The highest BCUT2D eigenvalue weighted by molar-refractivity contribution is 6.06. The van der Waals surface area contributed by atoms with Gasteiger partial charge in [0.05, 0.1) is 12.2 Å². The minimum atomic E-state index is -1.82. The first kappa shape index (κ1) is 22.3. The zero-order valence-electron chi connectivity index (χ0n) is 16.4. The fourth-order valence-electron chi connectivity index (χ4n) is 4.00. The predicted molar refractivity (Wildman–Crippen MR) is 104 cm³/mol. The van der Waals surface area contributed by atoms with E-state index in [2.05, 4.69) is 0 Å². The van der Waals surface area contributed by atoms with Crippen molar-refractivity contribution in [1.82, 2.24) is 0 Å². The molecule has 2 aliphatic rings. The Morgan fingerprint density at radius 3 is 2.16 bits per heavy atom. The summed E-state index contributed by atoms with van der Waals surface area (Å²) in [6.07, 6.45) is -11.1. The molecule has 0 aliphatic carbocycles. The molecule has 0 spiro atoms. The number of ether oxygens (including phenoxy) is 2. The first-order valence-electron chi connectivity index (χ1n) is 9.72. The van der Waals surface area contributed by atoms with Crippen LogP contribution in [0.15, 0.2) is 30.3 Å². The normalized spacial score (nSPS) is 32.3. The largest absolute Gasteiger partial charge is 0.508 e. The first-order chi connectivity index (χ1) is 15.1. The third-order valence-corrected chi connectivity index (χ3v) is 5.74. The van der Waals surface area contributed by atoms with Gasteiger partial charge in [0.15, 0.2) is 12.2 Å². The Labute approximate surface area is 181 Å². The molecule has 11 nitrogen and oxygen atoms in total. The van der Waals surface area contributed by atoms with Crippen molar-refractivity contribution < 1.29 is 55.1 Å². The van der Waals surface area contributed by atoms with E-state index in [0.717, 1.165) is 6.07 Å². The second kappa shape index (κ2) is 8.20. The molecule has 11 heteroatoms. The molecular weight excluding hydrogens is 428 g/mol. The Morgan fingerprint density at radius 1 is 0.875 bits per heavy atom. The number of fused-ring (bicyclic) bond motifs is 1. The number of Topliss-reactive ketones (excluding diaryl/α,β-unsaturated/α-hetero) is 1. The number of carbonyl (C=O) groups excluding carboxylic acids is 1. The highest BCUT2D eigenvalue weighted by atomic mass is 16.5. The van der Waals surface area contributed by atoms with Crippen molar-refractivity contribution in [2.45, 2.75) is 42.7 Å². The van der Waals surface area contributed by atoms with Gasteiger partial charge in [-0.05, 0) is 17.7 Å². The molecule has 7 atom stereocenters. The Bertz CT molecular complexity index is 1020. The monoisotopic (exact) mass is 450 g/mol. The van der Waals surface area contributed by atoms with E-state index in [4.69, 9.17) is 9.47 Å². The van der Waals surface area contributed by atoms with Gasteiger partial charge in [0.2, 0.25) is 5.78 Å². The van der Waals surface area contributed by atoms with E-state index >= 15 is 0 Å². The van der Waals surface area contributed by atoms with Crippen LogP contribution in [0.25, 0.3) is 0 Å². The van der Waals surface area contributed by atoms with Crippen LogP contribution in [0.2, 0.25) is 0 Å². The highest BCUT2D eigenvalue weighted by Crippen LogP contribution is 2.49. The van der Waals surface area contributed by atoms with E-state index in [9.17, 15) is 45.6 Å². The molecule has 0 amide bonds. The average molecular weight is 450 g/mol. The molecule has 2 heterocycles. The van der Waals surface area contributed by atoms with Gasteiger partial charge in [-0.25, -0.2) is 0 Å². The second-order valence-corrected chi connectivity index (χ2v) is 7.72. The van der Waals surface area contributed by atoms with E-state index in [1.165, 1.54) is 24.3 Å². The van der Waals surface area contributed by atoms with E-state index in [1.807, 2.05) is 0 Å². The molecule has 172 valence electrons. The summed E-state index contributed by atoms with van der Waals surface area (Å²) in [6.45, 7) is -0.733. The van der Waals surface area contributed by atoms with E-state index in [1.54, 1.807) is 0 Å². The van der Waals surface area contributed by atoms with Crippen LogP contribution in [0.4, 0.5) is 0 Å². The molecule has 5 unspecified atom stereocenters. The fraction of sp³-hybridized carbons (Fsp3) is 0.381. The van der Waals surface area contributed by atoms with Gasteiger partial charge in [-0.2, -0.15) is 0 Å². The van der Waals surface area contributed by atoms with Crippen molar-refractivity contribution >= 4 is 5.78 Å². The number of phenols is 3. The number of aliphatic hydroxyl groups excluding tert-OH is 5. The number of hydrogen-bond acceptors (Lipinski definition) is 11. The van der Waals surface area contributed by atoms with Crippen LogP contribution in [0, 0.1) is 0 Å². The van der Waals surface area contributed by atoms with Gasteiger partial charge in [-0.3, -0.25) is 4.79 Å². The number of benzene rings is 2. The van der Waals surface area contributed by atoms with Crippen molar-refractivity contribution in [2.75, 3.05) is 6.61 Å². The molecule has 2 aromatic rings. The van der Waals surface area contributed by atoms with Gasteiger partial charge in [-0.15, -0.1) is 0 Å². The summed E-state index contributed by atoms with van der Waals surface area (Å²) in [5.41, 5.74) is -0.600. The maximum atomic E-state index is 12.9. The summed E-state index contributed by atoms with van der Waals surface area (Å²) >= 11 is 0. The highest BCUT2D eigenvalue weighted by Gasteiger charge is 2.48. The van der Waals surface area contributed by atoms with Gasteiger partial charge in [0, 0.05) is 6.07 Å². The third kappa shape index (κ3) is 3.45. The summed E-state index contributed by atoms with van der Waals surface area (Å²) in [5.74, 6) is -2.73. The van der Waals surface area contributed by atoms with E-state index < -0.39 is 77.7 Å². The predicted octanol–water partition coefficient (Wildman–Crippen LogP) is -1.00. The number of rotatable bonds is 3. The Morgan fingerprint density at radius 2 is 1.53 bits per heavy atom. The molecular formula is C21H22O11. The molecule has 2 aliphatic heterocycles. The maximum absolute atomic E-state index is 12.9. The molecule has 1 fully saturated rings. The summed E-state index contributed by atoms with van der Waals surface area (Å²) in [6, 6.07) is 6.53. The van der Waals surface area contributed by atoms with Gasteiger partial charge in [-0.1, -0.05) is 12.1 Å². The Hall–Kier alpha value is -2.93. The second-order valence-electron chi connectivity index (χ2n) is 7.72. The lowest BCUT2D eigenvalue weighted by Crippen LogP contribution is -2.55. The zero-order chi connectivity index (χ0) is 23.3. The lowest BCUT2D eigenvalue weighted by molar-refractivity contribution is -0.232. The SMILES string of the molecule is O=C1c2c(cc(O)c(C3OC(CO)C(O)C(O)C3O)c2O)O[C@H](c2ccc(O)cc2)[C@H]1O. The fourth-order valence-corrected chi connectivity index (χ4v) is 4.00. The lowest BCUT2D eigenvalue weighted by Gasteiger charge is -2.41. The van der Waals surface area contributed by atoms with Crippen LogP contribution < -0.4 is 4.74 Å². The van der Waals surface area contributed by atoms with Crippen LogP contribution in [-0.2, 0) is 4.74 Å². The quantitative estimate of drug-likeness (QED) is 0.285. The average Bonchev–Trinajstić information content (AvgIpc) is 2.76. The molecule has 32 heavy (non-hydrogen) atoms. The molecule has 2 aromatic carbocycles. The van der Waals surface area contributed by atoms with Gasteiger partial charge in [0.25, 0.3) is 0 Å². The van der Waals surface area contributed by atoms with E-state index in [0.29, 0.717) is 5.56 Å². The van der Waals surface area contributed by atoms with Crippen molar-refractivity contribution in [3.8, 4) is 23.0 Å². The molecule has 0 bridgehead atoms. The zero-order valence-corrected chi connectivity index (χ0v) is 16.4. The number of aliphatic hydroxyl groups is 5. The maximum Gasteiger partial charge on any atom is 0.202 e. The van der Waals surface area contributed by atoms with Crippen LogP contribution in [0.1, 0.15) is 33.7 Å².